The highest BCUT2D eigenvalue weighted by Crippen LogP contribution is 2.33. The van der Waals surface area contributed by atoms with Gasteiger partial charge in [0.25, 0.3) is 0 Å². The lowest BCUT2D eigenvalue weighted by atomic mass is 9.89. The van der Waals surface area contributed by atoms with E-state index in [1.54, 1.807) is 0 Å². The van der Waals surface area contributed by atoms with Crippen molar-refractivity contribution >= 4 is 0 Å². The first-order valence-electron chi connectivity index (χ1n) is 7.68. The van der Waals surface area contributed by atoms with Gasteiger partial charge in [-0.1, -0.05) is 60.7 Å². The van der Waals surface area contributed by atoms with E-state index >= 15 is 0 Å². The van der Waals surface area contributed by atoms with Crippen molar-refractivity contribution in [2.24, 2.45) is 0 Å². The Balaban J connectivity index is 1.97. The van der Waals surface area contributed by atoms with Crippen LogP contribution >= 0.6 is 0 Å². The SMILES string of the molecule is OCCCc1ccc(C(c2ccccc2)c2ccccc2)o1. The topological polar surface area (TPSA) is 33.4 Å². The second kappa shape index (κ2) is 7.10. The number of benzene rings is 2. The van der Waals surface area contributed by atoms with Crippen LogP contribution in [0.4, 0.5) is 0 Å². The molecule has 0 saturated heterocycles. The molecule has 0 spiro atoms. The molecule has 112 valence electrons. The lowest BCUT2D eigenvalue weighted by Crippen LogP contribution is -2.01. The third-order valence-electron chi connectivity index (χ3n) is 3.81. The van der Waals surface area contributed by atoms with Crippen molar-refractivity contribution in [3.05, 3.63) is 95.4 Å². The van der Waals surface area contributed by atoms with Gasteiger partial charge in [-0.3, -0.25) is 0 Å². The molecule has 3 aromatic rings. The molecule has 0 radical (unpaired) electrons. The fourth-order valence-corrected chi connectivity index (χ4v) is 2.75. The van der Waals surface area contributed by atoms with Crippen LogP contribution in [-0.4, -0.2) is 11.7 Å². The normalized spacial score (nSPS) is 11.0. The van der Waals surface area contributed by atoms with E-state index in [1.165, 1.54) is 11.1 Å². The second-order valence-corrected chi connectivity index (χ2v) is 5.39. The van der Waals surface area contributed by atoms with Gasteiger partial charge in [0, 0.05) is 13.0 Å². The summed E-state index contributed by atoms with van der Waals surface area (Å²) in [5, 5.41) is 8.96. The molecule has 1 aromatic heterocycles. The minimum absolute atomic E-state index is 0.102. The molecule has 2 heteroatoms. The summed E-state index contributed by atoms with van der Waals surface area (Å²) in [6.07, 6.45) is 1.50. The number of aliphatic hydroxyl groups excluding tert-OH is 1. The number of hydrogen-bond acceptors (Lipinski definition) is 2. The summed E-state index contributed by atoms with van der Waals surface area (Å²) in [7, 11) is 0. The summed E-state index contributed by atoms with van der Waals surface area (Å²) < 4.78 is 6.05. The first-order chi connectivity index (χ1) is 10.9. The van der Waals surface area contributed by atoms with Crippen molar-refractivity contribution in [3.63, 3.8) is 0 Å². The Morgan fingerprint density at radius 2 is 1.36 bits per heavy atom. The van der Waals surface area contributed by atoms with Crippen molar-refractivity contribution in [2.75, 3.05) is 6.61 Å². The maximum Gasteiger partial charge on any atom is 0.116 e. The number of hydrogen-bond donors (Lipinski definition) is 1. The number of aryl methyl sites for hydroxylation is 1. The molecule has 0 bridgehead atoms. The summed E-state index contributed by atoms with van der Waals surface area (Å²) in [5.74, 6) is 1.98. The van der Waals surface area contributed by atoms with Crippen LogP contribution < -0.4 is 0 Å². The Morgan fingerprint density at radius 1 is 0.773 bits per heavy atom. The summed E-state index contributed by atoms with van der Waals surface area (Å²) in [6, 6.07) is 24.9. The van der Waals surface area contributed by atoms with Gasteiger partial charge in [-0.15, -0.1) is 0 Å². The van der Waals surface area contributed by atoms with Crippen molar-refractivity contribution in [2.45, 2.75) is 18.8 Å². The van der Waals surface area contributed by atoms with E-state index in [9.17, 15) is 0 Å². The fraction of sp³-hybridized carbons (Fsp3) is 0.200. The predicted molar refractivity (Wildman–Crippen MR) is 87.9 cm³/mol. The van der Waals surface area contributed by atoms with E-state index in [1.807, 2.05) is 18.2 Å². The van der Waals surface area contributed by atoms with Gasteiger partial charge in [-0.2, -0.15) is 0 Å². The van der Waals surface area contributed by atoms with E-state index in [0.29, 0.717) is 0 Å². The predicted octanol–water partition coefficient (Wildman–Crippen LogP) is 4.38. The lowest BCUT2D eigenvalue weighted by molar-refractivity contribution is 0.283. The molecule has 0 aliphatic carbocycles. The average Bonchev–Trinajstić information content (AvgIpc) is 3.04. The molecule has 0 aliphatic rings. The molecule has 1 N–H and O–H groups in total. The Bertz CT molecular complexity index is 646. The highest BCUT2D eigenvalue weighted by Gasteiger charge is 2.19. The van der Waals surface area contributed by atoms with Gasteiger partial charge in [0.1, 0.15) is 11.5 Å². The molecule has 0 saturated carbocycles. The summed E-state index contributed by atoms with van der Waals surface area (Å²) in [5.41, 5.74) is 2.44. The van der Waals surface area contributed by atoms with Gasteiger partial charge >= 0.3 is 0 Å². The number of rotatable bonds is 6. The molecule has 0 atom stereocenters. The van der Waals surface area contributed by atoms with Crippen LogP contribution in [0.5, 0.6) is 0 Å². The van der Waals surface area contributed by atoms with Crippen LogP contribution in [0.1, 0.15) is 35.0 Å². The number of aliphatic hydroxyl groups is 1. The highest BCUT2D eigenvalue weighted by atomic mass is 16.3. The monoisotopic (exact) mass is 292 g/mol. The van der Waals surface area contributed by atoms with E-state index < -0.39 is 0 Å². The van der Waals surface area contributed by atoms with E-state index in [4.69, 9.17) is 9.52 Å². The molecular formula is C20H20O2. The van der Waals surface area contributed by atoms with E-state index in [2.05, 4.69) is 54.6 Å². The minimum atomic E-state index is 0.102. The van der Waals surface area contributed by atoms with Crippen LogP contribution in [0.25, 0.3) is 0 Å². The molecule has 2 nitrogen and oxygen atoms in total. The van der Waals surface area contributed by atoms with E-state index in [0.717, 1.165) is 24.4 Å². The summed E-state index contributed by atoms with van der Waals surface area (Å²) in [4.78, 5) is 0. The molecule has 2 aromatic carbocycles. The smallest absolute Gasteiger partial charge is 0.116 e. The van der Waals surface area contributed by atoms with Crippen LogP contribution in [0.15, 0.2) is 77.2 Å². The molecule has 22 heavy (non-hydrogen) atoms. The first-order valence-corrected chi connectivity index (χ1v) is 7.68. The van der Waals surface area contributed by atoms with Crippen LogP contribution in [0.2, 0.25) is 0 Å². The van der Waals surface area contributed by atoms with Crippen molar-refractivity contribution in [3.8, 4) is 0 Å². The van der Waals surface area contributed by atoms with Gasteiger partial charge in [0.15, 0.2) is 0 Å². The van der Waals surface area contributed by atoms with Crippen molar-refractivity contribution < 1.29 is 9.52 Å². The Labute approximate surface area is 131 Å². The lowest BCUT2D eigenvalue weighted by Gasteiger charge is -2.15. The zero-order valence-corrected chi connectivity index (χ0v) is 12.5. The van der Waals surface area contributed by atoms with Crippen molar-refractivity contribution in [1.82, 2.24) is 0 Å². The fourth-order valence-electron chi connectivity index (χ4n) is 2.75. The van der Waals surface area contributed by atoms with Crippen molar-refractivity contribution in [1.29, 1.82) is 0 Å². The average molecular weight is 292 g/mol. The van der Waals surface area contributed by atoms with Gasteiger partial charge in [0.2, 0.25) is 0 Å². The Kier molecular flexibility index (Phi) is 4.71. The molecule has 0 amide bonds. The second-order valence-electron chi connectivity index (χ2n) is 5.39. The molecule has 1 heterocycles. The van der Waals surface area contributed by atoms with E-state index in [-0.39, 0.29) is 12.5 Å². The quantitative estimate of drug-likeness (QED) is 0.731. The van der Waals surface area contributed by atoms with Gasteiger partial charge in [-0.25, -0.2) is 0 Å². The largest absolute Gasteiger partial charge is 0.465 e. The third-order valence-corrected chi connectivity index (χ3v) is 3.81. The van der Waals surface area contributed by atoms with Crippen LogP contribution in [0, 0.1) is 0 Å². The minimum Gasteiger partial charge on any atom is -0.465 e. The Morgan fingerprint density at radius 3 is 1.91 bits per heavy atom. The molecular weight excluding hydrogens is 272 g/mol. The molecule has 0 fully saturated rings. The Hall–Kier alpha value is -2.32. The standard InChI is InChI=1S/C20H20O2/c21-15-7-12-18-13-14-19(22-18)20(16-8-3-1-4-9-16)17-10-5-2-6-11-17/h1-6,8-11,13-14,20-21H,7,12,15H2. The first kappa shape index (κ1) is 14.6. The van der Waals surface area contributed by atoms with Gasteiger partial charge in [-0.05, 0) is 29.7 Å². The zero-order valence-electron chi connectivity index (χ0n) is 12.5. The van der Waals surface area contributed by atoms with Gasteiger partial charge < -0.3 is 9.52 Å². The zero-order chi connectivity index (χ0) is 15.2. The molecule has 3 rings (SSSR count). The molecule has 0 unspecified atom stereocenters. The number of furan rings is 1. The highest BCUT2D eigenvalue weighted by molar-refractivity contribution is 5.39. The van der Waals surface area contributed by atoms with Crippen LogP contribution in [0.3, 0.4) is 0 Å². The summed E-state index contributed by atoms with van der Waals surface area (Å²) >= 11 is 0. The maximum absolute atomic E-state index is 8.96. The van der Waals surface area contributed by atoms with Crippen LogP contribution in [-0.2, 0) is 6.42 Å². The molecule has 0 aliphatic heterocycles. The van der Waals surface area contributed by atoms with Gasteiger partial charge in [0.05, 0.1) is 5.92 Å². The summed E-state index contributed by atoms with van der Waals surface area (Å²) in [6.45, 7) is 0.191. The third kappa shape index (κ3) is 3.29. The maximum atomic E-state index is 8.96.